The summed E-state index contributed by atoms with van der Waals surface area (Å²) in [7, 11) is 0. The lowest BCUT2D eigenvalue weighted by atomic mass is 10.2. The average molecular weight is 273 g/mol. The third kappa shape index (κ3) is 2.72. The third-order valence-electron chi connectivity index (χ3n) is 2.65. The van der Waals surface area contributed by atoms with E-state index < -0.39 is 16.3 Å². The number of aromatic amines is 1. The Morgan fingerprint density at radius 1 is 1.35 bits per heavy atom. The number of nitro benzene ring substituents is 1. The standard InChI is InChI=1S/C13H11N3O4/c1-8-6-12(17)9(7-14-8)13(18)15-10-4-2-3-5-11(10)16(19)20/h2-7H,1H3,(H,14,17)(H,15,18). The predicted molar refractivity (Wildman–Crippen MR) is 72.8 cm³/mol. The van der Waals surface area contributed by atoms with Crippen molar-refractivity contribution < 1.29 is 9.72 Å². The van der Waals surface area contributed by atoms with Gasteiger partial charge in [-0.25, -0.2) is 0 Å². The molecule has 0 aliphatic carbocycles. The maximum Gasteiger partial charge on any atom is 0.292 e. The molecule has 0 radical (unpaired) electrons. The first-order chi connectivity index (χ1) is 9.49. The highest BCUT2D eigenvalue weighted by molar-refractivity contribution is 6.05. The summed E-state index contributed by atoms with van der Waals surface area (Å²) in [6.45, 7) is 1.69. The van der Waals surface area contributed by atoms with Crippen LogP contribution in [0.1, 0.15) is 16.1 Å². The van der Waals surface area contributed by atoms with Gasteiger partial charge in [-0.1, -0.05) is 12.1 Å². The molecular formula is C13H11N3O4. The number of nitrogens with one attached hydrogen (secondary N) is 2. The first-order valence-electron chi connectivity index (χ1n) is 5.73. The van der Waals surface area contributed by atoms with Crippen LogP contribution in [0.15, 0.2) is 41.3 Å². The number of para-hydroxylation sites is 2. The molecule has 2 N–H and O–H groups in total. The van der Waals surface area contributed by atoms with Crippen LogP contribution >= 0.6 is 0 Å². The van der Waals surface area contributed by atoms with E-state index in [-0.39, 0.29) is 16.9 Å². The van der Waals surface area contributed by atoms with Crippen molar-refractivity contribution in [1.29, 1.82) is 0 Å². The number of carbonyl (C=O) groups is 1. The number of rotatable bonds is 3. The molecule has 0 aliphatic heterocycles. The molecule has 1 amide bonds. The Balaban J connectivity index is 2.33. The topological polar surface area (TPSA) is 105 Å². The number of hydrogen-bond acceptors (Lipinski definition) is 4. The molecule has 1 aromatic carbocycles. The highest BCUT2D eigenvalue weighted by atomic mass is 16.6. The fraction of sp³-hybridized carbons (Fsp3) is 0.0769. The fourth-order valence-corrected chi connectivity index (χ4v) is 1.68. The van der Waals surface area contributed by atoms with Crippen molar-refractivity contribution >= 4 is 17.3 Å². The zero-order valence-corrected chi connectivity index (χ0v) is 10.5. The van der Waals surface area contributed by atoms with E-state index in [0.717, 1.165) is 0 Å². The van der Waals surface area contributed by atoms with Crippen LogP contribution in [0.4, 0.5) is 11.4 Å². The molecule has 0 atom stereocenters. The number of carbonyl (C=O) groups excluding carboxylic acids is 1. The van der Waals surface area contributed by atoms with Crippen LogP contribution in [-0.2, 0) is 0 Å². The molecule has 2 aromatic rings. The van der Waals surface area contributed by atoms with Gasteiger partial charge in [0, 0.05) is 24.0 Å². The molecule has 7 nitrogen and oxygen atoms in total. The van der Waals surface area contributed by atoms with E-state index >= 15 is 0 Å². The number of anilines is 1. The SMILES string of the molecule is Cc1cc(=O)c(C(=O)Nc2ccccc2[N+](=O)[O-])c[nH]1. The van der Waals surface area contributed by atoms with Gasteiger partial charge in [0.05, 0.1) is 4.92 Å². The largest absolute Gasteiger partial charge is 0.364 e. The van der Waals surface area contributed by atoms with Crippen molar-refractivity contribution in [3.05, 3.63) is 68.1 Å². The van der Waals surface area contributed by atoms with Crippen LogP contribution in [0.2, 0.25) is 0 Å². The second-order valence-corrected chi connectivity index (χ2v) is 4.12. The summed E-state index contributed by atoms with van der Waals surface area (Å²) in [4.78, 5) is 36.6. The van der Waals surface area contributed by atoms with Gasteiger partial charge < -0.3 is 10.3 Å². The zero-order valence-electron chi connectivity index (χ0n) is 10.5. The monoisotopic (exact) mass is 273 g/mol. The van der Waals surface area contributed by atoms with E-state index in [2.05, 4.69) is 10.3 Å². The Kier molecular flexibility index (Phi) is 3.60. The molecular weight excluding hydrogens is 262 g/mol. The van der Waals surface area contributed by atoms with Gasteiger partial charge in [0.15, 0.2) is 5.43 Å². The lowest BCUT2D eigenvalue weighted by molar-refractivity contribution is -0.383. The molecule has 0 saturated heterocycles. The number of pyridine rings is 1. The van der Waals surface area contributed by atoms with Gasteiger partial charge in [0.25, 0.3) is 11.6 Å². The van der Waals surface area contributed by atoms with E-state index in [1.807, 2.05) is 0 Å². The van der Waals surface area contributed by atoms with E-state index in [4.69, 9.17) is 0 Å². The molecule has 0 fully saturated rings. The Hall–Kier alpha value is -2.96. The second kappa shape index (κ2) is 5.35. The molecule has 0 unspecified atom stereocenters. The Morgan fingerprint density at radius 2 is 2.05 bits per heavy atom. The van der Waals surface area contributed by atoms with Crippen LogP contribution in [0.3, 0.4) is 0 Å². The number of aromatic nitrogens is 1. The van der Waals surface area contributed by atoms with Crippen molar-refractivity contribution in [2.45, 2.75) is 6.92 Å². The smallest absolute Gasteiger partial charge is 0.292 e. The molecule has 1 aromatic heterocycles. The van der Waals surface area contributed by atoms with E-state index in [0.29, 0.717) is 5.69 Å². The van der Waals surface area contributed by atoms with Crippen molar-refractivity contribution in [3.63, 3.8) is 0 Å². The number of benzene rings is 1. The molecule has 0 aliphatic rings. The quantitative estimate of drug-likeness (QED) is 0.657. The number of hydrogen-bond donors (Lipinski definition) is 2. The Bertz CT molecular complexity index is 736. The summed E-state index contributed by atoms with van der Waals surface area (Å²) in [5.74, 6) is -0.694. The third-order valence-corrected chi connectivity index (χ3v) is 2.65. The molecule has 102 valence electrons. The lowest BCUT2D eigenvalue weighted by Gasteiger charge is -2.05. The minimum Gasteiger partial charge on any atom is -0.364 e. The predicted octanol–water partition coefficient (Wildman–Crippen LogP) is 1.84. The molecule has 1 heterocycles. The van der Waals surface area contributed by atoms with Gasteiger partial charge in [0.1, 0.15) is 11.3 Å². The van der Waals surface area contributed by atoms with Gasteiger partial charge in [-0.05, 0) is 13.0 Å². The fourth-order valence-electron chi connectivity index (χ4n) is 1.68. The normalized spacial score (nSPS) is 10.1. The number of nitrogens with zero attached hydrogens (tertiary/aromatic N) is 1. The van der Waals surface area contributed by atoms with Crippen molar-refractivity contribution in [2.24, 2.45) is 0 Å². The number of nitro groups is 1. The van der Waals surface area contributed by atoms with Gasteiger partial charge >= 0.3 is 0 Å². The highest BCUT2D eigenvalue weighted by Crippen LogP contribution is 2.23. The number of aryl methyl sites for hydroxylation is 1. The van der Waals surface area contributed by atoms with E-state index in [1.54, 1.807) is 13.0 Å². The van der Waals surface area contributed by atoms with Gasteiger partial charge in [-0.2, -0.15) is 0 Å². The van der Waals surface area contributed by atoms with Crippen LogP contribution in [0.5, 0.6) is 0 Å². The van der Waals surface area contributed by atoms with Crippen LogP contribution in [0, 0.1) is 17.0 Å². The number of amides is 1. The van der Waals surface area contributed by atoms with Crippen molar-refractivity contribution in [2.75, 3.05) is 5.32 Å². The average Bonchev–Trinajstić information content (AvgIpc) is 2.38. The molecule has 20 heavy (non-hydrogen) atoms. The minimum atomic E-state index is -0.694. The van der Waals surface area contributed by atoms with Crippen molar-refractivity contribution in [1.82, 2.24) is 4.98 Å². The summed E-state index contributed by atoms with van der Waals surface area (Å²) in [6, 6.07) is 7.01. The summed E-state index contributed by atoms with van der Waals surface area (Å²) in [6.07, 6.45) is 1.28. The second-order valence-electron chi connectivity index (χ2n) is 4.12. The Labute approximate surface area is 113 Å². The first-order valence-corrected chi connectivity index (χ1v) is 5.73. The van der Waals surface area contributed by atoms with Gasteiger partial charge in [-0.3, -0.25) is 19.7 Å². The summed E-state index contributed by atoms with van der Waals surface area (Å²) in [5, 5.41) is 13.2. The van der Waals surface area contributed by atoms with Crippen LogP contribution in [-0.4, -0.2) is 15.8 Å². The molecule has 2 rings (SSSR count). The summed E-state index contributed by atoms with van der Waals surface area (Å²) >= 11 is 0. The summed E-state index contributed by atoms with van der Waals surface area (Å²) < 4.78 is 0. The first kappa shape index (κ1) is 13.5. The molecule has 7 heteroatoms. The van der Waals surface area contributed by atoms with E-state index in [1.165, 1.54) is 30.5 Å². The van der Waals surface area contributed by atoms with Gasteiger partial charge in [0.2, 0.25) is 0 Å². The van der Waals surface area contributed by atoms with Crippen LogP contribution in [0.25, 0.3) is 0 Å². The minimum absolute atomic E-state index is 0.0440. The lowest BCUT2D eigenvalue weighted by Crippen LogP contribution is -2.21. The van der Waals surface area contributed by atoms with Crippen molar-refractivity contribution in [3.8, 4) is 0 Å². The van der Waals surface area contributed by atoms with Crippen LogP contribution < -0.4 is 10.7 Å². The van der Waals surface area contributed by atoms with E-state index in [9.17, 15) is 19.7 Å². The molecule has 0 spiro atoms. The molecule has 0 saturated carbocycles. The zero-order chi connectivity index (χ0) is 14.7. The maximum absolute atomic E-state index is 12.0. The highest BCUT2D eigenvalue weighted by Gasteiger charge is 2.17. The number of H-pyrrole nitrogens is 1. The Morgan fingerprint density at radius 3 is 2.70 bits per heavy atom. The molecule has 0 bridgehead atoms. The maximum atomic E-state index is 12.0. The summed E-state index contributed by atoms with van der Waals surface area (Å²) in [5.41, 5.74) is -0.116. The van der Waals surface area contributed by atoms with Gasteiger partial charge in [-0.15, -0.1) is 0 Å².